The van der Waals surface area contributed by atoms with Gasteiger partial charge >= 0.3 is 0 Å². The van der Waals surface area contributed by atoms with Gasteiger partial charge in [0.25, 0.3) is 5.91 Å². The summed E-state index contributed by atoms with van der Waals surface area (Å²) in [5.74, 6) is 0.717. The first-order chi connectivity index (χ1) is 10.1. The number of nitriles is 1. The van der Waals surface area contributed by atoms with Gasteiger partial charge in [-0.15, -0.1) is 0 Å². The molecular formula is C18H24N2O. The zero-order valence-electron chi connectivity index (χ0n) is 13.0. The van der Waals surface area contributed by atoms with E-state index in [0.29, 0.717) is 23.1 Å². The maximum atomic E-state index is 12.8. The number of carbonyl (C=O) groups excluding carboxylic acids is 1. The normalized spacial score (nSPS) is 15.1. The fourth-order valence-corrected chi connectivity index (χ4v) is 2.92. The number of hydrogen-bond donors (Lipinski definition) is 0. The average Bonchev–Trinajstić information content (AvgIpc) is 3.01. The molecule has 3 heteroatoms. The molecule has 0 atom stereocenters. The molecule has 0 heterocycles. The number of carbonyl (C=O) groups is 1. The summed E-state index contributed by atoms with van der Waals surface area (Å²) in [6.45, 7) is 5.22. The van der Waals surface area contributed by atoms with Crippen molar-refractivity contribution in [1.82, 2.24) is 4.90 Å². The van der Waals surface area contributed by atoms with Crippen LogP contribution in [0.2, 0.25) is 0 Å². The van der Waals surface area contributed by atoms with Crippen LogP contribution in [0.15, 0.2) is 24.3 Å². The molecule has 1 amide bonds. The molecule has 1 fully saturated rings. The maximum Gasteiger partial charge on any atom is 0.254 e. The van der Waals surface area contributed by atoms with Crippen molar-refractivity contribution in [2.75, 3.05) is 6.54 Å². The highest BCUT2D eigenvalue weighted by Crippen LogP contribution is 2.25. The number of benzene rings is 1. The fraction of sp³-hybridized carbons (Fsp3) is 0.556. The molecule has 1 aromatic carbocycles. The summed E-state index contributed by atoms with van der Waals surface area (Å²) < 4.78 is 0. The Bertz CT molecular complexity index is 507. The van der Waals surface area contributed by atoms with Crippen LogP contribution in [0.3, 0.4) is 0 Å². The van der Waals surface area contributed by atoms with E-state index >= 15 is 0 Å². The fourth-order valence-electron chi connectivity index (χ4n) is 2.92. The van der Waals surface area contributed by atoms with E-state index < -0.39 is 0 Å². The molecule has 21 heavy (non-hydrogen) atoms. The Balaban J connectivity index is 2.13. The summed E-state index contributed by atoms with van der Waals surface area (Å²) in [4.78, 5) is 14.9. The highest BCUT2D eigenvalue weighted by Gasteiger charge is 2.27. The summed E-state index contributed by atoms with van der Waals surface area (Å²) in [6.07, 6.45) is 5.74. The standard InChI is InChI=1S/C18H24N2O/c1-14(2)11-12-20(17-5-3-4-6-17)18(21)16-9-7-15(13-19)8-10-16/h7-10,14,17H,3-6,11-12H2,1-2H3. The Kier molecular flexibility index (Phi) is 5.38. The molecule has 1 aliphatic carbocycles. The lowest BCUT2D eigenvalue weighted by molar-refractivity contribution is 0.0672. The summed E-state index contributed by atoms with van der Waals surface area (Å²) in [7, 11) is 0. The van der Waals surface area contributed by atoms with Gasteiger partial charge in [0.15, 0.2) is 0 Å². The molecule has 3 nitrogen and oxygen atoms in total. The zero-order chi connectivity index (χ0) is 15.2. The topological polar surface area (TPSA) is 44.1 Å². The van der Waals surface area contributed by atoms with E-state index in [9.17, 15) is 4.79 Å². The van der Waals surface area contributed by atoms with E-state index in [-0.39, 0.29) is 5.91 Å². The lowest BCUT2D eigenvalue weighted by Crippen LogP contribution is -2.40. The molecule has 0 aliphatic heterocycles. The molecule has 112 valence electrons. The van der Waals surface area contributed by atoms with Gasteiger partial charge in [0.05, 0.1) is 11.6 Å². The van der Waals surface area contributed by atoms with E-state index in [1.165, 1.54) is 12.8 Å². The van der Waals surface area contributed by atoms with Crippen molar-refractivity contribution < 1.29 is 4.79 Å². The van der Waals surface area contributed by atoms with Gasteiger partial charge in [-0.05, 0) is 49.4 Å². The Morgan fingerprint density at radius 2 is 1.90 bits per heavy atom. The van der Waals surface area contributed by atoms with Crippen molar-refractivity contribution in [2.45, 2.75) is 52.0 Å². The second-order valence-corrected chi connectivity index (χ2v) is 6.31. The van der Waals surface area contributed by atoms with Crippen LogP contribution in [0.4, 0.5) is 0 Å². The summed E-state index contributed by atoms with van der Waals surface area (Å²) >= 11 is 0. The number of rotatable bonds is 5. The van der Waals surface area contributed by atoms with Crippen LogP contribution in [0.5, 0.6) is 0 Å². The van der Waals surface area contributed by atoms with E-state index in [4.69, 9.17) is 5.26 Å². The van der Waals surface area contributed by atoms with Gasteiger partial charge in [-0.3, -0.25) is 4.79 Å². The lowest BCUT2D eigenvalue weighted by Gasteiger charge is -2.30. The van der Waals surface area contributed by atoms with Crippen molar-refractivity contribution in [3.63, 3.8) is 0 Å². The number of amides is 1. The average molecular weight is 284 g/mol. The van der Waals surface area contributed by atoms with E-state index in [2.05, 4.69) is 24.8 Å². The van der Waals surface area contributed by atoms with Gasteiger partial charge in [0, 0.05) is 18.2 Å². The van der Waals surface area contributed by atoms with Crippen LogP contribution in [-0.4, -0.2) is 23.4 Å². The van der Waals surface area contributed by atoms with Gasteiger partial charge in [-0.1, -0.05) is 26.7 Å². The Morgan fingerprint density at radius 3 is 2.43 bits per heavy atom. The minimum absolute atomic E-state index is 0.118. The van der Waals surface area contributed by atoms with Crippen molar-refractivity contribution in [2.24, 2.45) is 5.92 Å². The summed E-state index contributed by atoms with van der Waals surface area (Å²) in [5.41, 5.74) is 1.30. The third-order valence-corrected chi connectivity index (χ3v) is 4.23. The largest absolute Gasteiger partial charge is 0.336 e. The van der Waals surface area contributed by atoms with Crippen molar-refractivity contribution in [1.29, 1.82) is 5.26 Å². The van der Waals surface area contributed by atoms with Gasteiger partial charge in [-0.2, -0.15) is 5.26 Å². The molecule has 0 radical (unpaired) electrons. The van der Waals surface area contributed by atoms with E-state index in [1.54, 1.807) is 24.3 Å². The van der Waals surface area contributed by atoms with Gasteiger partial charge in [-0.25, -0.2) is 0 Å². The third kappa shape index (κ3) is 4.07. The lowest BCUT2D eigenvalue weighted by atomic mass is 10.1. The van der Waals surface area contributed by atoms with Crippen LogP contribution in [0.25, 0.3) is 0 Å². The first-order valence-corrected chi connectivity index (χ1v) is 7.93. The molecule has 0 unspecified atom stereocenters. The molecule has 1 aromatic rings. The van der Waals surface area contributed by atoms with Crippen LogP contribution >= 0.6 is 0 Å². The smallest absolute Gasteiger partial charge is 0.254 e. The van der Waals surface area contributed by atoms with Gasteiger partial charge in [0.1, 0.15) is 0 Å². The van der Waals surface area contributed by atoms with E-state index in [0.717, 1.165) is 25.8 Å². The first-order valence-electron chi connectivity index (χ1n) is 7.93. The summed E-state index contributed by atoms with van der Waals surface area (Å²) in [6, 6.07) is 9.49. The molecule has 0 bridgehead atoms. The molecule has 1 saturated carbocycles. The number of nitrogens with zero attached hydrogens (tertiary/aromatic N) is 2. The highest BCUT2D eigenvalue weighted by molar-refractivity contribution is 5.94. The molecule has 0 aromatic heterocycles. The van der Waals surface area contributed by atoms with Crippen molar-refractivity contribution in [3.05, 3.63) is 35.4 Å². The predicted octanol–water partition coefficient (Wildman–Crippen LogP) is 3.99. The van der Waals surface area contributed by atoms with Crippen molar-refractivity contribution >= 4 is 5.91 Å². The SMILES string of the molecule is CC(C)CCN(C(=O)c1ccc(C#N)cc1)C1CCCC1. The van der Waals surface area contributed by atoms with Gasteiger partial charge < -0.3 is 4.90 Å². The zero-order valence-corrected chi connectivity index (χ0v) is 13.0. The minimum Gasteiger partial charge on any atom is -0.336 e. The minimum atomic E-state index is 0.118. The molecule has 2 rings (SSSR count). The van der Waals surface area contributed by atoms with Crippen LogP contribution in [0, 0.1) is 17.2 Å². The van der Waals surface area contributed by atoms with Crippen LogP contribution in [-0.2, 0) is 0 Å². The molecule has 0 spiro atoms. The molecule has 0 N–H and O–H groups in total. The van der Waals surface area contributed by atoms with Crippen LogP contribution in [0.1, 0.15) is 61.9 Å². The summed E-state index contributed by atoms with van der Waals surface area (Å²) in [5, 5.41) is 8.85. The Morgan fingerprint density at radius 1 is 1.29 bits per heavy atom. The first kappa shape index (κ1) is 15.6. The van der Waals surface area contributed by atoms with E-state index in [1.807, 2.05) is 0 Å². The quantitative estimate of drug-likeness (QED) is 0.820. The van der Waals surface area contributed by atoms with Crippen molar-refractivity contribution in [3.8, 4) is 6.07 Å². The molecule has 1 aliphatic rings. The Labute approximate surface area is 127 Å². The predicted molar refractivity (Wildman–Crippen MR) is 83.9 cm³/mol. The third-order valence-electron chi connectivity index (χ3n) is 4.23. The number of hydrogen-bond acceptors (Lipinski definition) is 2. The van der Waals surface area contributed by atoms with Crippen LogP contribution < -0.4 is 0 Å². The maximum absolute atomic E-state index is 12.8. The molecular weight excluding hydrogens is 260 g/mol. The Hall–Kier alpha value is -1.82. The second-order valence-electron chi connectivity index (χ2n) is 6.31. The monoisotopic (exact) mass is 284 g/mol. The second kappa shape index (κ2) is 7.26. The molecule has 0 saturated heterocycles. The highest BCUT2D eigenvalue weighted by atomic mass is 16.2. The van der Waals surface area contributed by atoms with Gasteiger partial charge in [0.2, 0.25) is 0 Å².